The second kappa shape index (κ2) is 6.68. The standard InChI is InChI=1S/C14H19BrN2OS/c1-17(9-10-4-6-18-7-5-10)13-8-11(15)2-3-12(13)14(16)19/h2-3,8,10H,4-7,9H2,1H3,(H2,16,19). The van der Waals surface area contributed by atoms with E-state index in [1.807, 2.05) is 12.1 Å². The Labute approximate surface area is 128 Å². The number of nitrogens with zero attached hydrogens (tertiary/aromatic N) is 1. The van der Waals surface area contributed by atoms with Gasteiger partial charge >= 0.3 is 0 Å². The predicted molar refractivity (Wildman–Crippen MR) is 86.8 cm³/mol. The summed E-state index contributed by atoms with van der Waals surface area (Å²) in [5, 5.41) is 0. The van der Waals surface area contributed by atoms with E-state index in [-0.39, 0.29) is 0 Å². The first kappa shape index (κ1) is 14.8. The first-order chi connectivity index (χ1) is 9.08. The predicted octanol–water partition coefficient (Wildman–Crippen LogP) is 2.95. The van der Waals surface area contributed by atoms with Gasteiger partial charge in [-0.3, -0.25) is 0 Å². The van der Waals surface area contributed by atoms with E-state index < -0.39 is 0 Å². The van der Waals surface area contributed by atoms with Gasteiger partial charge in [-0.25, -0.2) is 0 Å². The summed E-state index contributed by atoms with van der Waals surface area (Å²) in [5.41, 5.74) is 7.83. The molecule has 1 aliphatic rings. The zero-order valence-corrected chi connectivity index (χ0v) is 13.5. The number of thiocarbonyl (C=S) groups is 1. The molecule has 1 saturated heterocycles. The third kappa shape index (κ3) is 3.91. The lowest BCUT2D eigenvalue weighted by atomic mass is 9.99. The Morgan fingerprint density at radius 3 is 2.79 bits per heavy atom. The molecule has 0 amide bonds. The SMILES string of the molecule is CN(CC1CCOCC1)c1cc(Br)ccc1C(N)=S. The quantitative estimate of drug-likeness (QED) is 0.853. The maximum Gasteiger partial charge on any atom is 0.106 e. The lowest BCUT2D eigenvalue weighted by molar-refractivity contribution is 0.0685. The lowest BCUT2D eigenvalue weighted by Crippen LogP contribution is -2.31. The summed E-state index contributed by atoms with van der Waals surface area (Å²) in [7, 11) is 2.10. The Bertz CT molecular complexity index is 461. The van der Waals surface area contributed by atoms with Crippen molar-refractivity contribution in [1.29, 1.82) is 0 Å². The smallest absolute Gasteiger partial charge is 0.106 e. The van der Waals surface area contributed by atoms with Gasteiger partial charge in [-0.05, 0) is 37.0 Å². The number of hydrogen-bond acceptors (Lipinski definition) is 3. The fourth-order valence-corrected chi connectivity index (χ4v) is 2.97. The minimum absolute atomic E-state index is 0.446. The van der Waals surface area contributed by atoms with Gasteiger partial charge in [0, 0.05) is 42.5 Å². The molecule has 0 bridgehead atoms. The Balaban J connectivity index is 2.14. The fraction of sp³-hybridized carbons (Fsp3) is 0.500. The van der Waals surface area contributed by atoms with E-state index in [1.165, 1.54) is 0 Å². The highest BCUT2D eigenvalue weighted by molar-refractivity contribution is 9.10. The van der Waals surface area contributed by atoms with E-state index >= 15 is 0 Å². The van der Waals surface area contributed by atoms with Gasteiger partial charge in [-0.2, -0.15) is 0 Å². The van der Waals surface area contributed by atoms with Gasteiger partial charge in [0.05, 0.1) is 0 Å². The van der Waals surface area contributed by atoms with E-state index in [9.17, 15) is 0 Å². The summed E-state index contributed by atoms with van der Waals surface area (Å²) < 4.78 is 6.44. The Morgan fingerprint density at radius 1 is 1.47 bits per heavy atom. The Hall–Kier alpha value is -0.650. The summed E-state index contributed by atoms with van der Waals surface area (Å²) in [6.07, 6.45) is 2.25. The van der Waals surface area contributed by atoms with Gasteiger partial charge in [0.2, 0.25) is 0 Å². The minimum Gasteiger partial charge on any atom is -0.389 e. The van der Waals surface area contributed by atoms with Crippen LogP contribution in [0.5, 0.6) is 0 Å². The first-order valence-electron chi connectivity index (χ1n) is 6.46. The van der Waals surface area contributed by atoms with Crippen molar-refractivity contribution in [2.45, 2.75) is 12.8 Å². The maximum absolute atomic E-state index is 5.81. The van der Waals surface area contributed by atoms with Crippen LogP contribution in [0.3, 0.4) is 0 Å². The molecule has 0 saturated carbocycles. The summed E-state index contributed by atoms with van der Waals surface area (Å²) in [4.78, 5) is 2.69. The average Bonchev–Trinajstić information content (AvgIpc) is 2.39. The largest absolute Gasteiger partial charge is 0.389 e. The molecule has 1 aliphatic heterocycles. The van der Waals surface area contributed by atoms with Crippen LogP contribution in [0.1, 0.15) is 18.4 Å². The van der Waals surface area contributed by atoms with Gasteiger partial charge < -0.3 is 15.4 Å². The fourth-order valence-electron chi connectivity index (χ4n) is 2.44. The molecular weight excluding hydrogens is 324 g/mol. The Morgan fingerprint density at radius 2 is 2.16 bits per heavy atom. The monoisotopic (exact) mass is 342 g/mol. The van der Waals surface area contributed by atoms with E-state index in [0.717, 1.165) is 48.3 Å². The second-order valence-corrected chi connectivity index (χ2v) is 6.32. The van der Waals surface area contributed by atoms with Crippen molar-refractivity contribution in [3.05, 3.63) is 28.2 Å². The third-order valence-corrected chi connectivity index (χ3v) is 4.22. The summed E-state index contributed by atoms with van der Waals surface area (Å²) in [6.45, 7) is 2.76. The summed E-state index contributed by atoms with van der Waals surface area (Å²) in [5.74, 6) is 0.678. The first-order valence-corrected chi connectivity index (χ1v) is 7.66. The third-order valence-electron chi connectivity index (χ3n) is 3.51. The molecule has 0 unspecified atom stereocenters. The summed E-state index contributed by atoms with van der Waals surface area (Å²) in [6, 6.07) is 6.02. The number of ether oxygens (including phenoxy) is 1. The second-order valence-electron chi connectivity index (χ2n) is 4.96. The molecular formula is C14H19BrN2OS. The molecule has 3 nitrogen and oxygen atoms in total. The molecule has 0 atom stereocenters. The van der Waals surface area contributed by atoms with Crippen LogP contribution in [0.25, 0.3) is 0 Å². The van der Waals surface area contributed by atoms with Crippen molar-refractivity contribution in [3.8, 4) is 0 Å². The summed E-state index contributed by atoms with van der Waals surface area (Å²) >= 11 is 8.64. The zero-order chi connectivity index (χ0) is 13.8. The molecule has 2 N–H and O–H groups in total. The van der Waals surface area contributed by atoms with E-state index in [1.54, 1.807) is 0 Å². The molecule has 1 aromatic carbocycles. The topological polar surface area (TPSA) is 38.5 Å². The average molecular weight is 343 g/mol. The highest BCUT2D eigenvalue weighted by Gasteiger charge is 2.18. The Kier molecular flexibility index (Phi) is 5.19. The van der Waals surface area contributed by atoms with Crippen LogP contribution in [0.2, 0.25) is 0 Å². The zero-order valence-electron chi connectivity index (χ0n) is 11.1. The van der Waals surface area contributed by atoms with Gasteiger partial charge in [-0.15, -0.1) is 0 Å². The van der Waals surface area contributed by atoms with E-state index in [4.69, 9.17) is 22.7 Å². The molecule has 0 aromatic heterocycles. The van der Waals surface area contributed by atoms with Gasteiger partial charge in [0.1, 0.15) is 4.99 Å². The number of benzene rings is 1. The van der Waals surface area contributed by atoms with Crippen LogP contribution >= 0.6 is 28.1 Å². The van der Waals surface area contributed by atoms with Crippen LogP contribution in [-0.4, -0.2) is 31.8 Å². The number of nitrogens with two attached hydrogens (primary N) is 1. The minimum atomic E-state index is 0.446. The molecule has 1 fully saturated rings. The van der Waals surface area contributed by atoms with Crippen LogP contribution in [-0.2, 0) is 4.74 Å². The lowest BCUT2D eigenvalue weighted by Gasteiger charge is -2.29. The van der Waals surface area contributed by atoms with Crippen LogP contribution in [0.15, 0.2) is 22.7 Å². The van der Waals surface area contributed by atoms with Gasteiger partial charge in [0.25, 0.3) is 0 Å². The van der Waals surface area contributed by atoms with E-state index in [0.29, 0.717) is 10.9 Å². The molecule has 0 radical (unpaired) electrons. The van der Waals surface area contributed by atoms with Crippen molar-refractivity contribution in [2.24, 2.45) is 11.7 Å². The van der Waals surface area contributed by atoms with Crippen molar-refractivity contribution in [3.63, 3.8) is 0 Å². The number of anilines is 1. The van der Waals surface area contributed by atoms with Crippen LogP contribution in [0, 0.1) is 5.92 Å². The molecule has 104 valence electrons. The number of halogens is 1. The molecule has 0 spiro atoms. The van der Waals surface area contributed by atoms with Gasteiger partial charge in [-0.1, -0.05) is 28.1 Å². The molecule has 5 heteroatoms. The highest BCUT2D eigenvalue weighted by Crippen LogP contribution is 2.26. The molecule has 1 aromatic rings. The van der Waals surface area contributed by atoms with Crippen LogP contribution < -0.4 is 10.6 Å². The normalized spacial score (nSPS) is 16.3. The highest BCUT2D eigenvalue weighted by atomic mass is 79.9. The van der Waals surface area contributed by atoms with Crippen LogP contribution in [0.4, 0.5) is 5.69 Å². The number of hydrogen-bond donors (Lipinski definition) is 1. The van der Waals surface area contributed by atoms with Crippen molar-refractivity contribution in [2.75, 3.05) is 31.7 Å². The molecule has 1 heterocycles. The number of rotatable bonds is 4. The van der Waals surface area contributed by atoms with Gasteiger partial charge in [0.15, 0.2) is 0 Å². The van der Waals surface area contributed by atoms with Crippen molar-refractivity contribution < 1.29 is 4.74 Å². The molecule has 0 aliphatic carbocycles. The molecule has 19 heavy (non-hydrogen) atoms. The van der Waals surface area contributed by atoms with E-state index in [2.05, 4.69) is 33.9 Å². The van der Waals surface area contributed by atoms with Crippen molar-refractivity contribution >= 4 is 38.8 Å². The van der Waals surface area contributed by atoms with Crippen molar-refractivity contribution in [1.82, 2.24) is 0 Å². The maximum atomic E-state index is 5.81. The molecule has 2 rings (SSSR count).